The van der Waals surface area contributed by atoms with Crippen molar-refractivity contribution in [3.8, 4) is 0 Å². The van der Waals surface area contributed by atoms with Crippen molar-refractivity contribution >= 4 is 23.4 Å². The molecule has 1 heterocycles. The van der Waals surface area contributed by atoms with E-state index in [1.165, 1.54) is 0 Å². The van der Waals surface area contributed by atoms with Gasteiger partial charge in [-0.15, -0.1) is 11.8 Å². The lowest BCUT2D eigenvalue weighted by atomic mass is 10.2. The monoisotopic (exact) mass is 240 g/mol. The van der Waals surface area contributed by atoms with E-state index in [4.69, 9.17) is 10.5 Å². The molecule has 1 unspecified atom stereocenters. The largest absolute Gasteiger partial charge is 0.466 e. The first kappa shape index (κ1) is 12.8. The number of rotatable bonds is 5. The minimum Gasteiger partial charge on any atom is -0.466 e. The maximum absolute atomic E-state index is 11.4. The highest BCUT2D eigenvalue weighted by Crippen LogP contribution is 2.25. The van der Waals surface area contributed by atoms with E-state index in [-0.39, 0.29) is 11.9 Å². The Kier molecular flexibility index (Phi) is 5.11. The Morgan fingerprint density at radius 1 is 1.69 bits per heavy atom. The van der Waals surface area contributed by atoms with Crippen LogP contribution in [0.4, 0.5) is 5.69 Å². The van der Waals surface area contributed by atoms with Gasteiger partial charge in [0.1, 0.15) is 0 Å². The highest BCUT2D eigenvalue weighted by Gasteiger charge is 2.14. The van der Waals surface area contributed by atoms with Gasteiger partial charge in [-0.1, -0.05) is 6.92 Å². The molecule has 2 N–H and O–H groups in total. The summed E-state index contributed by atoms with van der Waals surface area (Å²) in [6.07, 6.45) is 3.30. The highest BCUT2D eigenvalue weighted by atomic mass is 32.2. The molecule has 0 radical (unpaired) electrons. The number of carbonyl (C=O) groups is 1. The molecule has 0 spiro atoms. The maximum Gasteiger partial charge on any atom is 0.309 e. The van der Waals surface area contributed by atoms with Gasteiger partial charge in [0.15, 0.2) is 0 Å². The predicted molar refractivity (Wildman–Crippen MR) is 65.2 cm³/mol. The zero-order valence-electron chi connectivity index (χ0n) is 9.47. The lowest BCUT2D eigenvalue weighted by Gasteiger charge is -2.10. The van der Waals surface area contributed by atoms with Gasteiger partial charge < -0.3 is 10.5 Å². The summed E-state index contributed by atoms with van der Waals surface area (Å²) in [5, 5.41) is 0. The smallest absolute Gasteiger partial charge is 0.309 e. The van der Waals surface area contributed by atoms with Crippen LogP contribution in [0.5, 0.6) is 0 Å². The summed E-state index contributed by atoms with van der Waals surface area (Å²) in [5.74, 6) is 0.368. The summed E-state index contributed by atoms with van der Waals surface area (Å²) in [6, 6.07) is 1.85. The fourth-order valence-electron chi connectivity index (χ4n) is 1.09. The number of ether oxygens (including phenoxy) is 1. The van der Waals surface area contributed by atoms with Gasteiger partial charge in [-0.05, 0) is 13.0 Å². The third kappa shape index (κ3) is 3.73. The number of hydrogen-bond acceptors (Lipinski definition) is 5. The average molecular weight is 240 g/mol. The Labute approximate surface area is 99.6 Å². The Hall–Kier alpha value is -1.23. The van der Waals surface area contributed by atoms with E-state index in [1.807, 2.05) is 13.0 Å². The van der Waals surface area contributed by atoms with Crippen molar-refractivity contribution in [2.45, 2.75) is 18.7 Å². The number of esters is 1. The normalized spacial score (nSPS) is 12.1. The van der Waals surface area contributed by atoms with Crippen LogP contribution in [0, 0.1) is 5.92 Å². The Morgan fingerprint density at radius 3 is 3.06 bits per heavy atom. The van der Waals surface area contributed by atoms with Crippen LogP contribution in [0.1, 0.15) is 13.8 Å². The summed E-state index contributed by atoms with van der Waals surface area (Å²) in [6.45, 7) is 4.08. The topological polar surface area (TPSA) is 65.2 Å². The van der Waals surface area contributed by atoms with Gasteiger partial charge >= 0.3 is 5.97 Å². The quantitative estimate of drug-likeness (QED) is 0.629. The third-order valence-electron chi connectivity index (χ3n) is 1.99. The number of carbonyl (C=O) groups excluding carboxylic acids is 1. The molecule has 1 aromatic heterocycles. The van der Waals surface area contributed by atoms with E-state index in [0.717, 1.165) is 4.90 Å². The summed E-state index contributed by atoms with van der Waals surface area (Å²) in [4.78, 5) is 16.2. The van der Waals surface area contributed by atoms with Crippen LogP contribution in [-0.2, 0) is 9.53 Å². The molecular weight excluding hydrogens is 224 g/mol. The summed E-state index contributed by atoms with van der Waals surface area (Å²) in [7, 11) is 0. The van der Waals surface area contributed by atoms with Crippen LogP contribution >= 0.6 is 11.8 Å². The molecule has 4 nitrogen and oxygen atoms in total. The molecular formula is C11H16N2O2S. The lowest BCUT2D eigenvalue weighted by molar-refractivity contribution is -0.146. The average Bonchev–Trinajstić information content (AvgIpc) is 2.28. The molecule has 0 saturated heterocycles. The second-order valence-corrected chi connectivity index (χ2v) is 4.44. The molecule has 0 aliphatic carbocycles. The number of hydrogen-bond donors (Lipinski definition) is 1. The van der Waals surface area contributed by atoms with Gasteiger partial charge in [0.2, 0.25) is 0 Å². The van der Waals surface area contributed by atoms with Gasteiger partial charge in [0, 0.05) is 16.8 Å². The van der Waals surface area contributed by atoms with E-state index in [1.54, 1.807) is 31.1 Å². The summed E-state index contributed by atoms with van der Waals surface area (Å²) >= 11 is 1.54. The number of nitrogens with two attached hydrogens (primary N) is 1. The van der Waals surface area contributed by atoms with Crippen LogP contribution in [0.25, 0.3) is 0 Å². The first-order valence-electron chi connectivity index (χ1n) is 5.14. The fourth-order valence-corrected chi connectivity index (χ4v) is 2.03. The molecule has 1 atom stereocenters. The molecule has 0 bridgehead atoms. The summed E-state index contributed by atoms with van der Waals surface area (Å²) < 4.78 is 4.93. The van der Waals surface area contributed by atoms with E-state index in [2.05, 4.69) is 4.98 Å². The lowest BCUT2D eigenvalue weighted by Crippen LogP contribution is -2.16. The number of nitrogen functional groups attached to an aromatic ring is 1. The van der Waals surface area contributed by atoms with Crippen molar-refractivity contribution in [1.29, 1.82) is 0 Å². The van der Waals surface area contributed by atoms with E-state index >= 15 is 0 Å². The maximum atomic E-state index is 11.4. The molecule has 5 heteroatoms. The first-order chi connectivity index (χ1) is 7.65. The molecule has 1 rings (SSSR count). The van der Waals surface area contributed by atoms with Gasteiger partial charge in [-0.3, -0.25) is 9.78 Å². The molecule has 16 heavy (non-hydrogen) atoms. The minimum absolute atomic E-state index is 0.127. The standard InChI is InChI=1S/C11H16N2O2S/c1-3-15-11(14)8(2)7-16-10-4-5-13-6-9(10)12/h4-6,8H,3,7,12H2,1-2H3. The molecule has 1 aromatic rings. The van der Waals surface area contributed by atoms with E-state index in [9.17, 15) is 4.79 Å². The zero-order chi connectivity index (χ0) is 12.0. The van der Waals surface area contributed by atoms with Gasteiger partial charge in [0.05, 0.1) is 24.4 Å². The van der Waals surface area contributed by atoms with Crippen molar-refractivity contribution < 1.29 is 9.53 Å². The molecule has 0 fully saturated rings. The number of nitrogens with zero attached hydrogens (tertiary/aromatic N) is 1. The van der Waals surface area contributed by atoms with Crippen molar-refractivity contribution in [3.63, 3.8) is 0 Å². The molecule has 0 saturated carbocycles. The number of pyridine rings is 1. The second-order valence-electron chi connectivity index (χ2n) is 3.38. The van der Waals surface area contributed by atoms with Crippen LogP contribution in [-0.4, -0.2) is 23.3 Å². The van der Waals surface area contributed by atoms with E-state index < -0.39 is 0 Å². The zero-order valence-corrected chi connectivity index (χ0v) is 10.3. The van der Waals surface area contributed by atoms with Crippen LogP contribution in [0.15, 0.2) is 23.4 Å². The Bertz CT molecular complexity index is 358. The number of aromatic nitrogens is 1. The highest BCUT2D eigenvalue weighted by molar-refractivity contribution is 7.99. The molecule has 0 aromatic carbocycles. The van der Waals surface area contributed by atoms with Gasteiger partial charge in [-0.2, -0.15) is 0 Å². The van der Waals surface area contributed by atoms with Gasteiger partial charge in [0.25, 0.3) is 0 Å². The number of thioether (sulfide) groups is 1. The predicted octanol–water partition coefficient (Wildman–Crippen LogP) is 1.96. The molecule has 0 aliphatic heterocycles. The van der Waals surface area contributed by atoms with Crippen LogP contribution in [0.3, 0.4) is 0 Å². The SMILES string of the molecule is CCOC(=O)C(C)CSc1ccncc1N. The van der Waals surface area contributed by atoms with Crippen LogP contribution in [0.2, 0.25) is 0 Å². The first-order valence-corrected chi connectivity index (χ1v) is 6.12. The minimum atomic E-state index is -0.164. The van der Waals surface area contributed by atoms with Gasteiger partial charge in [-0.25, -0.2) is 0 Å². The Balaban J connectivity index is 2.46. The van der Waals surface area contributed by atoms with E-state index in [0.29, 0.717) is 18.0 Å². The Morgan fingerprint density at radius 2 is 2.44 bits per heavy atom. The molecule has 0 amide bonds. The van der Waals surface area contributed by atoms with Crippen molar-refractivity contribution in [2.24, 2.45) is 5.92 Å². The fraction of sp³-hybridized carbons (Fsp3) is 0.455. The van der Waals surface area contributed by atoms with Crippen molar-refractivity contribution in [1.82, 2.24) is 4.98 Å². The van der Waals surface area contributed by atoms with Crippen molar-refractivity contribution in [2.75, 3.05) is 18.1 Å². The van der Waals surface area contributed by atoms with Crippen molar-refractivity contribution in [3.05, 3.63) is 18.5 Å². The second kappa shape index (κ2) is 6.37. The van der Waals surface area contributed by atoms with Crippen LogP contribution < -0.4 is 5.73 Å². The summed E-state index contributed by atoms with van der Waals surface area (Å²) in [5.41, 5.74) is 6.38. The third-order valence-corrected chi connectivity index (χ3v) is 3.34. The number of anilines is 1. The molecule has 0 aliphatic rings. The molecule has 88 valence electrons.